The van der Waals surface area contributed by atoms with Gasteiger partial charge in [0.05, 0.1) is 6.07 Å². The van der Waals surface area contributed by atoms with Crippen molar-refractivity contribution in [2.45, 2.75) is 0 Å². The highest BCUT2D eigenvalue weighted by Crippen LogP contribution is 2.17. The summed E-state index contributed by atoms with van der Waals surface area (Å²) in [5.74, 6) is -0.174. The summed E-state index contributed by atoms with van der Waals surface area (Å²) in [5.41, 5.74) is -0.483. The number of fused-ring (bicyclic) bond motifs is 1. The summed E-state index contributed by atoms with van der Waals surface area (Å²) in [5, 5.41) is 3.75. The van der Waals surface area contributed by atoms with Gasteiger partial charge in [-0.3, -0.25) is 9.36 Å². The number of rotatable bonds is 1. The molecule has 3 rings (SSSR count). The fourth-order valence-electron chi connectivity index (χ4n) is 1.78. The van der Waals surface area contributed by atoms with Crippen molar-refractivity contribution in [1.82, 2.24) is 14.1 Å². The van der Waals surface area contributed by atoms with E-state index in [2.05, 4.69) is 5.16 Å². The summed E-state index contributed by atoms with van der Waals surface area (Å²) in [4.78, 5) is 23.5. The van der Waals surface area contributed by atoms with E-state index in [1.165, 1.54) is 37.4 Å². The van der Waals surface area contributed by atoms with E-state index in [1.54, 1.807) is 0 Å². The van der Waals surface area contributed by atoms with Crippen LogP contribution in [0.2, 0.25) is 0 Å². The molecule has 0 N–H and O–H groups in total. The van der Waals surface area contributed by atoms with Gasteiger partial charge in [0, 0.05) is 12.6 Å². The Kier molecular flexibility index (Phi) is 2.34. The molecule has 2 aromatic heterocycles. The lowest BCUT2D eigenvalue weighted by molar-refractivity contribution is 0.455. The van der Waals surface area contributed by atoms with Gasteiger partial charge < -0.3 is 4.52 Å². The lowest BCUT2D eigenvalue weighted by Crippen LogP contribution is -2.34. The van der Waals surface area contributed by atoms with E-state index < -0.39 is 17.1 Å². The van der Waals surface area contributed by atoms with E-state index in [1.807, 2.05) is 0 Å². The van der Waals surface area contributed by atoms with Crippen molar-refractivity contribution in [2.24, 2.45) is 7.05 Å². The normalized spacial score (nSPS) is 11.1. The average Bonchev–Trinajstić information content (AvgIpc) is 2.81. The molecule has 19 heavy (non-hydrogen) atoms. The zero-order chi connectivity index (χ0) is 13.6. The summed E-state index contributed by atoms with van der Waals surface area (Å²) in [7, 11) is 1.36. The highest BCUT2D eigenvalue weighted by molar-refractivity contribution is 5.57. The molecule has 6 nitrogen and oxygen atoms in total. The fraction of sp³-hybridized carbons (Fsp3) is 0.0833. The van der Waals surface area contributed by atoms with E-state index >= 15 is 0 Å². The van der Waals surface area contributed by atoms with Crippen LogP contribution >= 0.6 is 0 Å². The largest absolute Gasteiger partial charge is 0.339 e. The van der Waals surface area contributed by atoms with E-state index in [4.69, 9.17) is 4.52 Å². The number of aromatic nitrogens is 3. The lowest BCUT2D eigenvalue weighted by Gasteiger charge is -1.99. The molecule has 3 aromatic rings. The smallest absolute Gasteiger partial charge is 0.335 e. The minimum Gasteiger partial charge on any atom is -0.335 e. The van der Waals surface area contributed by atoms with Gasteiger partial charge in [-0.15, -0.1) is 0 Å². The monoisotopic (exact) mass is 261 g/mol. The molecular formula is C12H8FN3O3. The van der Waals surface area contributed by atoms with Crippen molar-refractivity contribution >= 4 is 5.71 Å². The zero-order valence-electron chi connectivity index (χ0n) is 9.83. The maximum Gasteiger partial charge on any atom is 0.339 e. The Morgan fingerprint density at radius 1 is 1.21 bits per heavy atom. The molecule has 0 bridgehead atoms. The molecule has 0 aliphatic heterocycles. The molecule has 0 fully saturated rings. The SMILES string of the molecule is Cn1c(=O)cc2onc(-c3ccc(F)cc3)n2c1=O. The molecule has 0 radical (unpaired) electrons. The first-order valence-corrected chi connectivity index (χ1v) is 5.42. The molecular weight excluding hydrogens is 253 g/mol. The molecule has 0 saturated carbocycles. The average molecular weight is 261 g/mol. The molecule has 2 heterocycles. The van der Waals surface area contributed by atoms with Crippen molar-refractivity contribution in [2.75, 3.05) is 0 Å². The van der Waals surface area contributed by atoms with E-state index in [9.17, 15) is 14.0 Å². The molecule has 1 aromatic carbocycles. The lowest BCUT2D eigenvalue weighted by atomic mass is 10.2. The second-order valence-corrected chi connectivity index (χ2v) is 4.01. The Labute approximate surface area is 105 Å². The Balaban J connectivity index is 2.38. The number of hydrogen-bond donors (Lipinski definition) is 0. The van der Waals surface area contributed by atoms with Crippen LogP contribution in [0.1, 0.15) is 0 Å². The summed E-state index contributed by atoms with van der Waals surface area (Å²) < 4.78 is 19.9. The minimum absolute atomic E-state index is 0.0485. The highest BCUT2D eigenvalue weighted by atomic mass is 19.1. The standard InChI is InChI=1S/C12H8FN3O3/c1-15-9(17)6-10-16(12(15)18)11(14-19-10)7-2-4-8(13)5-3-7/h2-6H,1H3. The van der Waals surface area contributed by atoms with Crippen molar-refractivity contribution in [1.29, 1.82) is 0 Å². The summed E-state index contributed by atoms with van der Waals surface area (Å²) in [6.45, 7) is 0. The molecule has 7 heteroatoms. The van der Waals surface area contributed by atoms with Gasteiger partial charge in [-0.2, -0.15) is 0 Å². The quantitative estimate of drug-likeness (QED) is 0.649. The van der Waals surface area contributed by atoms with Gasteiger partial charge in [-0.25, -0.2) is 13.6 Å². The van der Waals surface area contributed by atoms with Gasteiger partial charge >= 0.3 is 5.69 Å². The van der Waals surface area contributed by atoms with Gasteiger partial charge in [0.15, 0.2) is 5.82 Å². The minimum atomic E-state index is -0.567. The maximum atomic E-state index is 12.9. The van der Waals surface area contributed by atoms with E-state index in [0.717, 1.165) is 8.97 Å². The molecule has 96 valence electrons. The molecule has 0 aliphatic carbocycles. The van der Waals surface area contributed by atoms with Crippen molar-refractivity contribution in [3.8, 4) is 11.4 Å². The van der Waals surface area contributed by atoms with Crippen LogP contribution in [0, 0.1) is 5.82 Å². The summed E-state index contributed by atoms with van der Waals surface area (Å²) in [6.07, 6.45) is 0. The highest BCUT2D eigenvalue weighted by Gasteiger charge is 2.14. The van der Waals surface area contributed by atoms with Crippen molar-refractivity contribution in [3.05, 3.63) is 57.0 Å². The van der Waals surface area contributed by atoms with E-state index in [0.29, 0.717) is 5.56 Å². The molecule has 0 amide bonds. The third-order valence-electron chi connectivity index (χ3n) is 2.82. The van der Waals surface area contributed by atoms with Gasteiger partial charge in [0.25, 0.3) is 5.56 Å². The zero-order valence-corrected chi connectivity index (χ0v) is 9.83. The van der Waals surface area contributed by atoms with Crippen LogP contribution in [0.3, 0.4) is 0 Å². The number of halogens is 1. The molecule has 0 aliphatic rings. The fourth-order valence-corrected chi connectivity index (χ4v) is 1.78. The summed E-state index contributed by atoms with van der Waals surface area (Å²) >= 11 is 0. The van der Waals surface area contributed by atoms with Crippen LogP contribution in [0.4, 0.5) is 4.39 Å². The number of benzene rings is 1. The van der Waals surface area contributed by atoms with Gasteiger partial charge in [0.2, 0.25) is 5.71 Å². The first-order chi connectivity index (χ1) is 9.08. The first kappa shape index (κ1) is 11.4. The number of nitrogens with zero attached hydrogens (tertiary/aromatic N) is 3. The van der Waals surface area contributed by atoms with Gasteiger partial charge in [0.1, 0.15) is 5.82 Å². The van der Waals surface area contributed by atoms with Crippen LogP contribution in [-0.2, 0) is 7.05 Å². The van der Waals surface area contributed by atoms with Gasteiger partial charge in [-0.05, 0) is 24.3 Å². The molecule has 0 unspecified atom stereocenters. The van der Waals surface area contributed by atoms with Gasteiger partial charge in [-0.1, -0.05) is 5.16 Å². The van der Waals surface area contributed by atoms with Crippen LogP contribution in [-0.4, -0.2) is 14.1 Å². The van der Waals surface area contributed by atoms with Crippen LogP contribution < -0.4 is 11.2 Å². The predicted octanol–water partition coefficient (Wildman–Crippen LogP) is 0.792. The third kappa shape index (κ3) is 1.67. The van der Waals surface area contributed by atoms with Crippen LogP contribution in [0.25, 0.3) is 17.1 Å². The summed E-state index contributed by atoms with van der Waals surface area (Å²) in [6, 6.07) is 6.63. The van der Waals surface area contributed by atoms with Crippen molar-refractivity contribution < 1.29 is 8.91 Å². The van der Waals surface area contributed by atoms with Crippen LogP contribution in [0.15, 0.2) is 44.4 Å². The molecule has 0 atom stereocenters. The Bertz CT molecular complexity index is 874. The second kappa shape index (κ2) is 3.91. The van der Waals surface area contributed by atoms with Crippen LogP contribution in [0.5, 0.6) is 0 Å². The molecule has 0 saturated heterocycles. The maximum absolute atomic E-state index is 12.9. The topological polar surface area (TPSA) is 69.5 Å². The van der Waals surface area contributed by atoms with Crippen molar-refractivity contribution in [3.63, 3.8) is 0 Å². The Morgan fingerprint density at radius 3 is 2.58 bits per heavy atom. The predicted molar refractivity (Wildman–Crippen MR) is 64.4 cm³/mol. The third-order valence-corrected chi connectivity index (χ3v) is 2.82. The second-order valence-electron chi connectivity index (χ2n) is 4.01. The van der Waals surface area contributed by atoms with E-state index in [-0.39, 0.29) is 11.5 Å². The Morgan fingerprint density at radius 2 is 1.89 bits per heavy atom. The molecule has 0 spiro atoms. The number of hydrogen-bond acceptors (Lipinski definition) is 4. The Hall–Kier alpha value is -2.70. The first-order valence-electron chi connectivity index (χ1n) is 5.42.